The van der Waals surface area contributed by atoms with Crippen molar-refractivity contribution in [2.75, 3.05) is 12.3 Å². The van der Waals surface area contributed by atoms with Gasteiger partial charge in [0.25, 0.3) is 0 Å². The van der Waals surface area contributed by atoms with Gasteiger partial charge < -0.3 is 10.1 Å². The quantitative estimate of drug-likeness (QED) is 0.785. The summed E-state index contributed by atoms with van der Waals surface area (Å²) in [5.74, 6) is 0. The summed E-state index contributed by atoms with van der Waals surface area (Å²) in [5.41, 5.74) is 11.2. The maximum atomic E-state index is 5.93. The van der Waals surface area contributed by atoms with Gasteiger partial charge in [-0.2, -0.15) is 0 Å². The van der Waals surface area contributed by atoms with E-state index >= 15 is 0 Å². The minimum atomic E-state index is 0.761. The van der Waals surface area contributed by atoms with Crippen LogP contribution in [0.5, 0.6) is 0 Å². The molecule has 0 aliphatic heterocycles. The van der Waals surface area contributed by atoms with Gasteiger partial charge in [-0.05, 0) is 31.2 Å². The zero-order valence-corrected chi connectivity index (χ0v) is 13.2. The largest absolute Gasteiger partial charge is 0.398 e. The zero-order valence-electron chi connectivity index (χ0n) is 13.2. The number of hydrogen-bond acceptors (Lipinski definition) is 3. The van der Waals surface area contributed by atoms with Crippen LogP contribution in [0.2, 0.25) is 0 Å². The molecule has 3 aromatic rings. The summed E-state index contributed by atoms with van der Waals surface area (Å²) in [4.78, 5) is 7.04. The van der Waals surface area contributed by atoms with Gasteiger partial charge in [0.15, 0.2) is 0 Å². The van der Waals surface area contributed by atoms with Gasteiger partial charge in [0.05, 0.1) is 11.4 Å². The second kappa shape index (κ2) is 6.20. The highest BCUT2D eigenvalue weighted by atomic mass is 15.1. The molecule has 2 heterocycles. The number of nitrogen functional groups attached to an aromatic ring is 1. The van der Waals surface area contributed by atoms with Gasteiger partial charge >= 0.3 is 0 Å². The molecule has 2 aromatic heterocycles. The predicted octanol–water partition coefficient (Wildman–Crippen LogP) is 3.25. The molecular weight excluding hydrogens is 272 g/mol. The molecule has 22 heavy (non-hydrogen) atoms. The van der Waals surface area contributed by atoms with E-state index in [1.165, 1.54) is 11.3 Å². The molecule has 4 heteroatoms. The van der Waals surface area contributed by atoms with Crippen molar-refractivity contribution in [2.45, 2.75) is 26.9 Å². The van der Waals surface area contributed by atoms with Crippen LogP contribution < -0.4 is 5.73 Å². The van der Waals surface area contributed by atoms with Crippen molar-refractivity contribution in [2.24, 2.45) is 0 Å². The minimum absolute atomic E-state index is 0.761. The van der Waals surface area contributed by atoms with Crippen LogP contribution in [0.3, 0.4) is 0 Å². The van der Waals surface area contributed by atoms with Crippen LogP contribution in [0, 0.1) is 6.92 Å². The average Bonchev–Trinajstić information content (AvgIpc) is 2.83. The number of aryl methyl sites for hydroxylation is 1. The highest BCUT2D eigenvalue weighted by Crippen LogP contribution is 2.17. The summed E-state index contributed by atoms with van der Waals surface area (Å²) in [7, 11) is 0. The summed E-state index contributed by atoms with van der Waals surface area (Å²) < 4.78 is 2.11. The van der Waals surface area contributed by atoms with Crippen molar-refractivity contribution >= 4 is 11.3 Å². The lowest BCUT2D eigenvalue weighted by Gasteiger charge is -2.20. The summed E-state index contributed by atoms with van der Waals surface area (Å²) in [6.45, 7) is 7.04. The molecule has 114 valence electrons. The fraction of sp³-hybridized carbons (Fsp3) is 0.278. The summed E-state index contributed by atoms with van der Waals surface area (Å²) >= 11 is 0. The third-order valence-electron chi connectivity index (χ3n) is 4.01. The summed E-state index contributed by atoms with van der Waals surface area (Å²) in [6.07, 6.45) is 1.96. The number of fused-ring (bicyclic) bond motifs is 1. The van der Waals surface area contributed by atoms with Crippen molar-refractivity contribution in [3.05, 3.63) is 65.6 Å². The molecule has 0 bridgehead atoms. The van der Waals surface area contributed by atoms with E-state index in [4.69, 9.17) is 5.73 Å². The molecule has 0 aliphatic rings. The smallest absolute Gasteiger partial charge is 0.137 e. The van der Waals surface area contributed by atoms with Gasteiger partial charge in [0.1, 0.15) is 5.65 Å². The fourth-order valence-corrected chi connectivity index (χ4v) is 2.75. The van der Waals surface area contributed by atoms with Crippen LogP contribution in [-0.2, 0) is 13.1 Å². The van der Waals surface area contributed by atoms with Crippen molar-refractivity contribution in [1.29, 1.82) is 0 Å². The normalized spacial score (nSPS) is 11.4. The second-order valence-corrected chi connectivity index (χ2v) is 5.62. The molecule has 0 unspecified atom stereocenters. The van der Waals surface area contributed by atoms with Crippen LogP contribution in [-0.4, -0.2) is 20.8 Å². The summed E-state index contributed by atoms with van der Waals surface area (Å²) in [5, 5.41) is 0. The molecule has 0 aliphatic carbocycles. The van der Waals surface area contributed by atoms with Crippen LogP contribution in [0.15, 0.2) is 48.7 Å². The maximum absolute atomic E-state index is 5.93. The van der Waals surface area contributed by atoms with Crippen molar-refractivity contribution in [1.82, 2.24) is 14.3 Å². The average molecular weight is 294 g/mol. The van der Waals surface area contributed by atoms with E-state index in [1.54, 1.807) is 0 Å². The standard InChI is InChI=1S/C18H22N4/c1-3-21(11-15-7-5-4-6-8-15)13-17-14(2)20-18-10-9-16(19)12-22(17)18/h4-10,12H,3,11,13,19H2,1-2H3. The van der Waals surface area contributed by atoms with Gasteiger partial charge in [0.2, 0.25) is 0 Å². The van der Waals surface area contributed by atoms with E-state index in [9.17, 15) is 0 Å². The van der Waals surface area contributed by atoms with Crippen LogP contribution in [0.4, 0.5) is 5.69 Å². The number of pyridine rings is 1. The van der Waals surface area contributed by atoms with E-state index in [0.29, 0.717) is 0 Å². The Morgan fingerprint density at radius 1 is 1.09 bits per heavy atom. The molecule has 0 spiro atoms. The van der Waals surface area contributed by atoms with E-state index in [1.807, 2.05) is 18.3 Å². The lowest BCUT2D eigenvalue weighted by molar-refractivity contribution is 0.267. The van der Waals surface area contributed by atoms with Crippen LogP contribution >= 0.6 is 0 Å². The number of imidazole rings is 1. The predicted molar refractivity (Wildman–Crippen MR) is 90.6 cm³/mol. The first-order valence-corrected chi connectivity index (χ1v) is 7.66. The van der Waals surface area contributed by atoms with Crippen LogP contribution in [0.1, 0.15) is 23.9 Å². The first-order chi connectivity index (χ1) is 10.7. The Morgan fingerprint density at radius 3 is 2.59 bits per heavy atom. The molecule has 0 atom stereocenters. The number of aromatic nitrogens is 2. The van der Waals surface area contributed by atoms with Crippen molar-refractivity contribution in [3.63, 3.8) is 0 Å². The SMILES string of the molecule is CCN(Cc1ccccc1)Cc1c(C)nc2ccc(N)cn12. The highest BCUT2D eigenvalue weighted by Gasteiger charge is 2.13. The summed E-state index contributed by atoms with van der Waals surface area (Å²) in [6, 6.07) is 14.4. The van der Waals surface area contributed by atoms with E-state index in [2.05, 4.69) is 58.5 Å². The Labute approximate surface area is 131 Å². The molecule has 1 aromatic carbocycles. The number of nitrogens with zero attached hydrogens (tertiary/aromatic N) is 3. The van der Waals surface area contributed by atoms with Gasteiger partial charge in [-0.3, -0.25) is 4.90 Å². The van der Waals surface area contributed by atoms with E-state index < -0.39 is 0 Å². The Hall–Kier alpha value is -2.33. The van der Waals surface area contributed by atoms with Crippen molar-refractivity contribution < 1.29 is 0 Å². The Morgan fingerprint density at radius 2 is 1.86 bits per heavy atom. The molecule has 0 amide bonds. The molecular formula is C18H22N4. The lowest BCUT2D eigenvalue weighted by Crippen LogP contribution is -2.23. The number of benzene rings is 1. The molecule has 2 N–H and O–H groups in total. The van der Waals surface area contributed by atoms with E-state index in [0.717, 1.165) is 36.7 Å². The highest BCUT2D eigenvalue weighted by molar-refractivity contribution is 5.50. The zero-order chi connectivity index (χ0) is 15.5. The Balaban J connectivity index is 1.87. The monoisotopic (exact) mass is 294 g/mol. The van der Waals surface area contributed by atoms with Crippen LogP contribution in [0.25, 0.3) is 5.65 Å². The number of nitrogens with two attached hydrogens (primary N) is 1. The molecule has 4 nitrogen and oxygen atoms in total. The van der Waals surface area contributed by atoms with Gasteiger partial charge in [-0.1, -0.05) is 37.3 Å². The second-order valence-electron chi connectivity index (χ2n) is 5.62. The lowest BCUT2D eigenvalue weighted by atomic mass is 10.2. The minimum Gasteiger partial charge on any atom is -0.398 e. The van der Waals surface area contributed by atoms with Gasteiger partial charge in [-0.25, -0.2) is 4.98 Å². The third kappa shape index (κ3) is 2.97. The Bertz CT molecular complexity index is 761. The number of hydrogen-bond donors (Lipinski definition) is 1. The number of anilines is 1. The van der Waals surface area contributed by atoms with Gasteiger partial charge in [0, 0.05) is 25.0 Å². The van der Waals surface area contributed by atoms with Gasteiger partial charge in [-0.15, -0.1) is 0 Å². The van der Waals surface area contributed by atoms with E-state index in [-0.39, 0.29) is 0 Å². The Kier molecular flexibility index (Phi) is 4.11. The molecule has 3 rings (SSSR count). The molecule has 0 fully saturated rings. The fourth-order valence-electron chi connectivity index (χ4n) is 2.75. The molecule has 0 saturated carbocycles. The number of rotatable bonds is 5. The van der Waals surface area contributed by atoms with Crippen molar-refractivity contribution in [3.8, 4) is 0 Å². The first kappa shape index (κ1) is 14.6. The maximum Gasteiger partial charge on any atom is 0.137 e. The topological polar surface area (TPSA) is 46.6 Å². The molecule has 0 saturated heterocycles. The first-order valence-electron chi connectivity index (χ1n) is 7.66. The molecule has 0 radical (unpaired) electrons. The third-order valence-corrected chi connectivity index (χ3v) is 4.01.